The van der Waals surface area contributed by atoms with Gasteiger partial charge in [-0.1, -0.05) is 71.6 Å². The summed E-state index contributed by atoms with van der Waals surface area (Å²) in [6.45, 7) is 5.44. The van der Waals surface area contributed by atoms with Crippen LogP contribution in [0.3, 0.4) is 0 Å². The van der Waals surface area contributed by atoms with Crippen LogP contribution in [0.2, 0.25) is 0 Å². The van der Waals surface area contributed by atoms with E-state index in [0.29, 0.717) is 19.5 Å². The SMILES string of the molecule is CCCCCCC(CCCCCC)OC(=O)CCCCCCCOC=O. The Morgan fingerprint density at radius 2 is 1.31 bits per heavy atom. The molecule has 0 rings (SSSR count). The van der Waals surface area contributed by atoms with Crippen LogP contribution in [-0.4, -0.2) is 25.2 Å². The molecule has 154 valence electrons. The van der Waals surface area contributed by atoms with Gasteiger partial charge in [0.2, 0.25) is 0 Å². The maximum Gasteiger partial charge on any atom is 0.306 e. The van der Waals surface area contributed by atoms with Crippen LogP contribution in [0.15, 0.2) is 0 Å². The molecule has 4 heteroatoms. The largest absolute Gasteiger partial charge is 0.468 e. The lowest BCUT2D eigenvalue weighted by Crippen LogP contribution is -2.18. The van der Waals surface area contributed by atoms with Gasteiger partial charge in [-0.25, -0.2) is 0 Å². The van der Waals surface area contributed by atoms with Gasteiger partial charge in [0, 0.05) is 6.42 Å². The summed E-state index contributed by atoms with van der Waals surface area (Å²) >= 11 is 0. The van der Waals surface area contributed by atoms with E-state index >= 15 is 0 Å². The summed E-state index contributed by atoms with van der Waals surface area (Å²) in [7, 11) is 0. The predicted molar refractivity (Wildman–Crippen MR) is 107 cm³/mol. The van der Waals surface area contributed by atoms with Gasteiger partial charge in [-0.3, -0.25) is 9.59 Å². The quantitative estimate of drug-likeness (QED) is 0.142. The smallest absolute Gasteiger partial charge is 0.306 e. The van der Waals surface area contributed by atoms with Crippen molar-refractivity contribution in [3.63, 3.8) is 0 Å². The van der Waals surface area contributed by atoms with Crippen LogP contribution in [0, 0.1) is 0 Å². The minimum absolute atomic E-state index is 0.0229. The summed E-state index contributed by atoms with van der Waals surface area (Å²) in [6.07, 6.45) is 17.5. The summed E-state index contributed by atoms with van der Waals surface area (Å²) in [5.41, 5.74) is 0. The molecule has 0 heterocycles. The third-order valence-electron chi connectivity index (χ3n) is 4.77. The molecule has 0 aromatic heterocycles. The minimum atomic E-state index is -0.0229. The van der Waals surface area contributed by atoms with Crippen molar-refractivity contribution in [3.8, 4) is 0 Å². The molecule has 0 spiro atoms. The third-order valence-corrected chi connectivity index (χ3v) is 4.77. The molecule has 4 nitrogen and oxygen atoms in total. The zero-order chi connectivity index (χ0) is 19.3. The van der Waals surface area contributed by atoms with Crippen molar-refractivity contribution in [1.82, 2.24) is 0 Å². The molecule has 0 aromatic rings. The van der Waals surface area contributed by atoms with Gasteiger partial charge in [-0.15, -0.1) is 0 Å². The van der Waals surface area contributed by atoms with Crippen LogP contribution in [0.25, 0.3) is 0 Å². The first-order valence-electron chi connectivity index (χ1n) is 11.0. The zero-order valence-electron chi connectivity index (χ0n) is 17.3. The van der Waals surface area contributed by atoms with E-state index in [2.05, 4.69) is 18.6 Å². The fourth-order valence-electron chi connectivity index (χ4n) is 3.14. The Balaban J connectivity index is 3.85. The van der Waals surface area contributed by atoms with Crippen LogP contribution in [-0.2, 0) is 19.1 Å². The van der Waals surface area contributed by atoms with Gasteiger partial charge < -0.3 is 9.47 Å². The Bertz CT molecular complexity index is 305. The summed E-state index contributed by atoms with van der Waals surface area (Å²) in [5, 5.41) is 0. The van der Waals surface area contributed by atoms with Crippen molar-refractivity contribution >= 4 is 12.4 Å². The molecular formula is C22H42O4. The second-order valence-electron chi connectivity index (χ2n) is 7.30. The summed E-state index contributed by atoms with van der Waals surface area (Å²) in [6, 6.07) is 0. The lowest BCUT2D eigenvalue weighted by atomic mass is 10.0. The molecule has 0 saturated carbocycles. The molecule has 0 fully saturated rings. The molecule has 0 aliphatic rings. The van der Waals surface area contributed by atoms with E-state index in [0.717, 1.165) is 44.9 Å². The molecule has 0 unspecified atom stereocenters. The highest BCUT2D eigenvalue weighted by Gasteiger charge is 2.14. The Morgan fingerprint density at radius 3 is 1.88 bits per heavy atom. The van der Waals surface area contributed by atoms with Gasteiger partial charge in [-0.2, -0.15) is 0 Å². The van der Waals surface area contributed by atoms with Crippen molar-refractivity contribution in [1.29, 1.82) is 0 Å². The number of esters is 1. The zero-order valence-corrected chi connectivity index (χ0v) is 17.3. The minimum Gasteiger partial charge on any atom is -0.468 e. The first-order chi connectivity index (χ1) is 12.7. The van der Waals surface area contributed by atoms with Crippen molar-refractivity contribution in [2.75, 3.05) is 6.61 Å². The maximum atomic E-state index is 12.1. The molecule has 0 N–H and O–H groups in total. The number of carbonyl (C=O) groups excluding carboxylic acids is 2. The Kier molecular flexibility index (Phi) is 19.4. The van der Waals surface area contributed by atoms with Gasteiger partial charge in [0.05, 0.1) is 6.61 Å². The van der Waals surface area contributed by atoms with Gasteiger partial charge >= 0.3 is 5.97 Å². The topological polar surface area (TPSA) is 52.6 Å². The molecule has 0 amide bonds. The lowest BCUT2D eigenvalue weighted by molar-refractivity contribution is -0.150. The fourth-order valence-corrected chi connectivity index (χ4v) is 3.14. The summed E-state index contributed by atoms with van der Waals surface area (Å²) in [4.78, 5) is 22.2. The highest BCUT2D eigenvalue weighted by Crippen LogP contribution is 2.17. The summed E-state index contributed by atoms with van der Waals surface area (Å²) in [5.74, 6) is -0.0229. The highest BCUT2D eigenvalue weighted by molar-refractivity contribution is 5.69. The molecule has 0 aliphatic heterocycles. The molecule has 0 saturated heterocycles. The number of carbonyl (C=O) groups is 2. The van der Waals surface area contributed by atoms with Crippen LogP contribution >= 0.6 is 0 Å². The molecule has 26 heavy (non-hydrogen) atoms. The normalized spacial score (nSPS) is 10.9. The molecule has 0 atom stereocenters. The molecule has 0 aromatic carbocycles. The third kappa shape index (κ3) is 17.8. The first-order valence-corrected chi connectivity index (χ1v) is 11.0. The second-order valence-corrected chi connectivity index (χ2v) is 7.30. The number of unbranched alkanes of at least 4 members (excludes halogenated alkanes) is 10. The van der Waals surface area contributed by atoms with Gasteiger partial charge in [0.1, 0.15) is 6.10 Å². The van der Waals surface area contributed by atoms with E-state index in [9.17, 15) is 9.59 Å². The molecule has 0 aliphatic carbocycles. The van der Waals surface area contributed by atoms with Crippen molar-refractivity contribution < 1.29 is 19.1 Å². The highest BCUT2D eigenvalue weighted by atomic mass is 16.5. The lowest BCUT2D eigenvalue weighted by Gasteiger charge is -2.18. The Morgan fingerprint density at radius 1 is 0.769 bits per heavy atom. The first kappa shape index (κ1) is 24.9. The van der Waals surface area contributed by atoms with Gasteiger partial charge in [-0.05, 0) is 38.5 Å². The second kappa shape index (κ2) is 20.3. The van der Waals surface area contributed by atoms with Crippen molar-refractivity contribution in [2.24, 2.45) is 0 Å². The van der Waals surface area contributed by atoms with Crippen LogP contribution in [0.1, 0.15) is 117 Å². The average Bonchev–Trinajstić information content (AvgIpc) is 2.64. The average molecular weight is 371 g/mol. The van der Waals surface area contributed by atoms with Crippen molar-refractivity contribution in [3.05, 3.63) is 0 Å². The van der Waals surface area contributed by atoms with E-state index in [4.69, 9.17) is 4.74 Å². The standard InChI is InChI=1S/C22H42O4/c1-3-5-7-12-16-21(17-13-8-6-4-2)26-22(24)18-14-10-9-11-15-19-25-20-23/h20-21H,3-19H2,1-2H3. The van der Waals surface area contributed by atoms with Crippen LogP contribution in [0.4, 0.5) is 0 Å². The Labute approximate surface area is 161 Å². The molecule has 0 radical (unpaired) electrons. The van der Waals surface area contributed by atoms with E-state index in [-0.39, 0.29) is 12.1 Å². The van der Waals surface area contributed by atoms with Crippen LogP contribution < -0.4 is 0 Å². The van der Waals surface area contributed by atoms with Gasteiger partial charge in [0.25, 0.3) is 6.47 Å². The molecular weight excluding hydrogens is 328 g/mol. The summed E-state index contributed by atoms with van der Waals surface area (Å²) < 4.78 is 10.4. The van der Waals surface area contributed by atoms with Crippen LogP contribution in [0.5, 0.6) is 0 Å². The number of hydrogen-bond acceptors (Lipinski definition) is 4. The fraction of sp³-hybridized carbons (Fsp3) is 0.909. The number of hydrogen-bond donors (Lipinski definition) is 0. The monoisotopic (exact) mass is 370 g/mol. The van der Waals surface area contributed by atoms with E-state index < -0.39 is 0 Å². The van der Waals surface area contributed by atoms with Crippen molar-refractivity contribution in [2.45, 2.75) is 123 Å². The van der Waals surface area contributed by atoms with E-state index in [1.807, 2.05) is 0 Å². The van der Waals surface area contributed by atoms with E-state index in [1.165, 1.54) is 51.4 Å². The number of rotatable bonds is 20. The molecule has 0 bridgehead atoms. The predicted octanol–water partition coefficient (Wildman–Crippen LogP) is 6.35. The number of ether oxygens (including phenoxy) is 2. The maximum absolute atomic E-state index is 12.1. The van der Waals surface area contributed by atoms with Gasteiger partial charge in [0.15, 0.2) is 0 Å². The van der Waals surface area contributed by atoms with E-state index in [1.54, 1.807) is 0 Å². The Hall–Kier alpha value is -1.06.